The van der Waals surface area contributed by atoms with Gasteiger partial charge >= 0.3 is 0 Å². The Labute approximate surface area is 84.5 Å². The summed E-state index contributed by atoms with van der Waals surface area (Å²) >= 11 is 5.63. The fourth-order valence-corrected chi connectivity index (χ4v) is 1.02. The molecule has 0 spiro atoms. The average Bonchev–Trinajstić information content (AvgIpc) is 2.19. The first kappa shape index (κ1) is 10.1. The van der Waals surface area contributed by atoms with E-state index in [1.165, 1.54) is 11.1 Å². The van der Waals surface area contributed by atoms with Crippen LogP contribution in [0.25, 0.3) is 6.08 Å². The number of halogens is 1. The predicted molar refractivity (Wildman–Crippen MR) is 60.0 cm³/mol. The number of hydrogen-bond acceptors (Lipinski definition) is 0. The van der Waals surface area contributed by atoms with Gasteiger partial charge in [0.15, 0.2) is 0 Å². The topological polar surface area (TPSA) is 0 Å². The van der Waals surface area contributed by atoms with E-state index in [0.29, 0.717) is 5.88 Å². The van der Waals surface area contributed by atoms with Crippen LogP contribution >= 0.6 is 11.6 Å². The lowest BCUT2D eigenvalue weighted by molar-refractivity contribution is 1.40. The van der Waals surface area contributed by atoms with Gasteiger partial charge in [-0.2, -0.15) is 0 Å². The summed E-state index contributed by atoms with van der Waals surface area (Å²) in [5, 5.41) is 0. The summed E-state index contributed by atoms with van der Waals surface area (Å²) in [5.74, 6) is 0.596. The summed E-state index contributed by atoms with van der Waals surface area (Å²) in [7, 11) is 0. The molecule has 0 radical (unpaired) electrons. The number of allylic oxidation sites excluding steroid dienone is 3. The fourth-order valence-electron chi connectivity index (χ4n) is 0.932. The van der Waals surface area contributed by atoms with Crippen LogP contribution in [0.4, 0.5) is 0 Å². The molecule has 1 aromatic rings. The first-order valence-electron chi connectivity index (χ1n) is 4.28. The van der Waals surface area contributed by atoms with E-state index >= 15 is 0 Å². The number of hydrogen-bond donors (Lipinski definition) is 0. The molecule has 0 unspecified atom stereocenters. The fraction of sp³-hybridized carbons (Fsp3) is 0.167. The van der Waals surface area contributed by atoms with Gasteiger partial charge in [-0.05, 0) is 12.5 Å². The van der Waals surface area contributed by atoms with Crippen molar-refractivity contribution in [3.8, 4) is 0 Å². The third-order valence-electron chi connectivity index (χ3n) is 1.68. The van der Waals surface area contributed by atoms with Gasteiger partial charge in [-0.1, -0.05) is 54.1 Å². The van der Waals surface area contributed by atoms with Crippen molar-refractivity contribution < 1.29 is 0 Å². The molecule has 0 atom stereocenters. The van der Waals surface area contributed by atoms with E-state index in [-0.39, 0.29) is 0 Å². The third-order valence-corrected chi connectivity index (χ3v) is 2.10. The Morgan fingerprint density at radius 1 is 1.31 bits per heavy atom. The second-order valence-electron chi connectivity index (χ2n) is 2.92. The van der Waals surface area contributed by atoms with Gasteiger partial charge < -0.3 is 0 Å². The molecular weight excluding hydrogens is 180 g/mol. The molecule has 68 valence electrons. The lowest BCUT2D eigenvalue weighted by Crippen LogP contribution is -1.73. The molecular formula is C12H13Cl. The Morgan fingerprint density at radius 3 is 2.62 bits per heavy atom. The second-order valence-corrected chi connectivity index (χ2v) is 3.18. The maximum absolute atomic E-state index is 5.63. The van der Waals surface area contributed by atoms with Crippen LogP contribution in [0.2, 0.25) is 0 Å². The molecule has 0 aromatic heterocycles. The second kappa shape index (κ2) is 5.60. The molecule has 0 amide bonds. The Kier molecular flexibility index (Phi) is 4.34. The first-order valence-corrected chi connectivity index (χ1v) is 4.81. The summed E-state index contributed by atoms with van der Waals surface area (Å²) in [4.78, 5) is 0. The summed E-state index contributed by atoms with van der Waals surface area (Å²) in [5.41, 5.74) is 2.38. The number of rotatable bonds is 3. The standard InChI is InChI=1S/C12H13Cl/c1-11(10-13)6-5-9-12-7-3-2-4-8-12/h2-9H,10H2,1H3/b9-5+,11-6-. The van der Waals surface area contributed by atoms with Gasteiger partial charge in [-0.15, -0.1) is 11.6 Å². The van der Waals surface area contributed by atoms with E-state index in [0.717, 1.165) is 0 Å². The minimum absolute atomic E-state index is 0.596. The molecule has 0 bridgehead atoms. The van der Waals surface area contributed by atoms with E-state index < -0.39 is 0 Å². The van der Waals surface area contributed by atoms with Gasteiger partial charge in [0, 0.05) is 5.88 Å². The van der Waals surface area contributed by atoms with Crippen LogP contribution in [-0.2, 0) is 0 Å². The highest BCUT2D eigenvalue weighted by Crippen LogP contribution is 2.02. The highest BCUT2D eigenvalue weighted by Gasteiger charge is 1.82. The Balaban J connectivity index is 2.60. The largest absolute Gasteiger partial charge is 0.122 e. The maximum atomic E-state index is 5.63. The molecule has 0 aliphatic carbocycles. The van der Waals surface area contributed by atoms with Crippen molar-refractivity contribution in [3.63, 3.8) is 0 Å². The summed E-state index contributed by atoms with van der Waals surface area (Å²) in [6.45, 7) is 2.02. The van der Waals surface area contributed by atoms with Crippen LogP contribution in [-0.4, -0.2) is 5.88 Å². The molecule has 1 heteroatoms. The molecule has 0 aliphatic rings. The normalized spacial score (nSPS) is 12.3. The van der Waals surface area contributed by atoms with Crippen molar-refractivity contribution in [2.24, 2.45) is 0 Å². The van der Waals surface area contributed by atoms with Crippen molar-refractivity contribution >= 4 is 17.7 Å². The van der Waals surface area contributed by atoms with Crippen LogP contribution in [0, 0.1) is 0 Å². The Bertz CT molecular complexity index is 296. The summed E-state index contributed by atoms with van der Waals surface area (Å²) in [6, 6.07) is 10.2. The average molecular weight is 193 g/mol. The van der Waals surface area contributed by atoms with Crippen LogP contribution in [0.3, 0.4) is 0 Å². The van der Waals surface area contributed by atoms with Crippen LogP contribution in [0.1, 0.15) is 12.5 Å². The van der Waals surface area contributed by atoms with Crippen LogP contribution in [0.5, 0.6) is 0 Å². The van der Waals surface area contributed by atoms with Crippen molar-refractivity contribution in [2.45, 2.75) is 6.92 Å². The van der Waals surface area contributed by atoms with Crippen molar-refractivity contribution in [2.75, 3.05) is 5.88 Å². The minimum Gasteiger partial charge on any atom is -0.122 e. The summed E-state index contributed by atoms with van der Waals surface area (Å²) < 4.78 is 0. The molecule has 0 saturated carbocycles. The number of benzene rings is 1. The molecule has 0 nitrogen and oxygen atoms in total. The van der Waals surface area contributed by atoms with Gasteiger partial charge in [-0.3, -0.25) is 0 Å². The van der Waals surface area contributed by atoms with Gasteiger partial charge in [0.25, 0.3) is 0 Å². The molecule has 0 N–H and O–H groups in total. The summed E-state index contributed by atoms with van der Waals surface area (Å²) in [6.07, 6.45) is 6.11. The Morgan fingerprint density at radius 2 is 2.00 bits per heavy atom. The molecule has 1 rings (SSSR count). The Hall–Kier alpha value is -1.01. The minimum atomic E-state index is 0.596. The van der Waals surface area contributed by atoms with E-state index in [4.69, 9.17) is 11.6 Å². The van der Waals surface area contributed by atoms with Crippen molar-refractivity contribution in [1.29, 1.82) is 0 Å². The zero-order valence-corrected chi connectivity index (χ0v) is 8.46. The SMILES string of the molecule is C/C(=C/C=C/c1ccccc1)CCl. The molecule has 0 aliphatic heterocycles. The molecule has 13 heavy (non-hydrogen) atoms. The zero-order chi connectivity index (χ0) is 9.52. The smallest absolute Gasteiger partial charge is 0.0433 e. The highest BCUT2D eigenvalue weighted by molar-refractivity contribution is 6.19. The highest BCUT2D eigenvalue weighted by atomic mass is 35.5. The van der Waals surface area contributed by atoms with E-state index in [9.17, 15) is 0 Å². The van der Waals surface area contributed by atoms with Gasteiger partial charge in [0.05, 0.1) is 0 Å². The van der Waals surface area contributed by atoms with Gasteiger partial charge in [0.2, 0.25) is 0 Å². The lowest BCUT2D eigenvalue weighted by atomic mass is 10.2. The van der Waals surface area contributed by atoms with Crippen molar-refractivity contribution in [1.82, 2.24) is 0 Å². The first-order chi connectivity index (χ1) is 6.33. The maximum Gasteiger partial charge on any atom is 0.0433 e. The zero-order valence-electron chi connectivity index (χ0n) is 7.70. The molecule has 0 heterocycles. The van der Waals surface area contributed by atoms with Crippen LogP contribution < -0.4 is 0 Å². The van der Waals surface area contributed by atoms with E-state index in [1.54, 1.807) is 0 Å². The van der Waals surface area contributed by atoms with E-state index in [1.807, 2.05) is 37.3 Å². The van der Waals surface area contributed by atoms with Crippen LogP contribution in [0.15, 0.2) is 48.1 Å². The monoisotopic (exact) mass is 192 g/mol. The molecule has 1 aromatic carbocycles. The third kappa shape index (κ3) is 3.95. The number of alkyl halides is 1. The molecule has 0 saturated heterocycles. The predicted octanol–water partition coefficient (Wildman–Crippen LogP) is 3.88. The quantitative estimate of drug-likeness (QED) is 0.504. The molecule has 0 fully saturated rings. The van der Waals surface area contributed by atoms with Gasteiger partial charge in [0.1, 0.15) is 0 Å². The van der Waals surface area contributed by atoms with E-state index in [2.05, 4.69) is 18.2 Å². The van der Waals surface area contributed by atoms with Crippen molar-refractivity contribution in [3.05, 3.63) is 53.6 Å². The van der Waals surface area contributed by atoms with Gasteiger partial charge in [-0.25, -0.2) is 0 Å². The lowest BCUT2D eigenvalue weighted by Gasteiger charge is -1.90.